The first kappa shape index (κ1) is 32.3. The molecule has 0 bridgehead atoms. The van der Waals surface area contributed by atoms with E-state index in [9.17, 15) is 24.5 Å². The number of methoxy groups -OCH3 is 2. The van der Waals surface area contributed by atoms with Gasteiger partial charge in [-0.1, -0.05) is 36.4 Å². The minimum Gasteiger partial charge on any atom is -0.493 e. The van der Waals surface area contributed by atoms with Crippen molar-refractivity contribution in [3.05, 3.63) is 124 Å². The van der Waals surface area contributed by atoms with Gasteiger partial charge < -0.3 is 25.4 Å². The minimum absolute atomic E-state index is 0.0377. The van der Waals surface area contributed by atoms with Crippen molar-refractivity contribution in [3.8, 4) is 11.5 Å². The summed E-state index contributed by atoms with van der Waals surface area (Å²) in [6, 6.07) is 26.2. The average Bonchev–Trinajstić information content (AvgIpc) is 3.04. The lowest BCUT2D eigenvalue weighted by atomic mass is 10.1. The number of hydrogen-bond acceptors (Lipinski definition) is 8. The number of ether oxygens (including phenoxy) is 2. The summed E-state index contributed by atoms with van der Waals surface area (Å²) in [5.41, 5.74) is 1.63. The molecule has 0 aliphatic heterocycles. The topological polar surface area (TPSA) is 149 Å². The summed E-state index contributed by atoms with van der Waals surface area (Å²) in [6.45, 7) is 1.72. The minimum atomic E-state index is -0.588. The van der Waals surface area contributed by atoms with Crippen molar-refractivity contribution in [2.24, 2.45) is 0 Å². The Kier molecular flexibility index (Phi) is 10.9. The molecule has 4 aromatic rings. The molecule has 0 aromatic heterocycles. The molecule has 0 radical (unpaired) electrons. The van der Waals surface area contributed by atoms with Crippen LogP contribution in [-0.2, 0) is 9.59 Å². The smallest absolute Gasteiger partial charge is 0.272 e. The van der Waals surface area contributed by atoms with E-state index < -0.39 is 22.0 Å². The third-order valence-corrected chi connectivity index (χ3v) is 7.48. The number of nitrogens with zero attached hydrogens (tertiary/aromatic N) is 1. The first-order valence-electron chi connectivity index (χ1n) is 13.6. The number of thioether (sulfide) groups is 1. The maximum atomic E-state index is 13.6. The molecule has 1 unspecified atom stereocenters. The van der Waals surface area contributed by atoms with Gasteiger partial charge in [0.15, 0.2) is 11.5 Å². The zero-order valence-electron chi connectivity index (χ0n) is 24.6. The van der Waals surface area contributed by atoms with Gasteiger partial charge in [0.05, 0.1) is 24.4 Å². The first-order valence-corrected chi connectivity index (χ1v) is 14.5. The van der Waals surface area contributed by atoms with Gasteiger partial charge in [-0.3, -0.25) is 24.5 Å². The molecule has 3 amide bonds. The number of anilines is 2. The van der Waals surface area contributed by atoms with Crippen molar-refractivity contribution in [2.45, 2.75) is 17.1 Å². The van der Waals surface area contributed by atoms with Crippen molar-refractivity contribution in [3.63, 3.8) is 0 Å². The van der Waals surface area contributed by atoms with E-state index in [1.807, 2.05) is 0 Å². The summed E-state index contributed by atoms with van der Waals surface area (Å²) in [5, 5.41) is 18.6. The highest BCUT2D eigenvalue weighted by Crippen LogP contribution is 2.32. The van der Waals surface area contributed by atoms with E-state index in [0.29, 0.717) is 38.9 Å². The highest BCUT2D eigenvalue weighted by Gasteiger charge is 2.19. The maximum Gasteiger partial charge on any atom is 0.272 e. The summed E-state index contributed by atoms with van der Waals surface area (Å²) in [5.74, 6) is -0.522. The summed E-state index contributed by atoms with van der Waals surface area (Å²) < 4.78 is 10.9. The number of para-hydroxylation sites is 1. The fourth-order valence-corrected chi connectivity index (χ4v) is 5.06. The Morgan fingerprint density at radius 1 is 0.844 bits per heavy atom. The molecule has 0 heterocycles. The van der Waals surface area contributed by atoms with Gasteiger partial charge in [0.25, 0.3) is 17.5 Å². The number of nitro benzene ring substituents is 1. The average molecular weight is 627 g/mol. The number of nitro groups is 1. The molecule has 0 saturated carbocycles. The lowest BCUT2D eigenvalue weighted by Crippen LogP contribution is -2.30. The number of benzene rings is 4. The Morgan fingerprint density at radius 2 is 1.56 bits per heavy atom. The van der Waals surface area contributed by atoms with Crippen LogP contribution in [-0.4, -0.2) is 42.1 Å². The van der Waals surface area contributed by atoms with Gasteiger partial charge >= 0.3 is 0 Å². The van der Waals surface area contributed by atoms with Crippen LogP contribution in [0.15, 0.2) is 108 Å². The summed E-state index contributed by atoms with van der Waals surface area (Å²) >= 11 is 1.26. The lowest BCUT2D eigenvalue weighted by molar-refractivity contribution is -0.384. The van der Waals surface area contributed by atoms with Crippen LogP contribution in [0, 0.1) is 10.1 Å². The largest absolute Gasteiger partial charge is 0.493 e. The fourth-order valence-electron chi connectivity index (χ4n) is 4.14. The van der Waals surface area contributed by atoms with Gasteiger partial charge in [0.1, 0.15) is 5.70 Å². The zero-order valence-corrected chi connectivity index (χ0v) is 25.4. The lowest BCUT2D eigenvalue weighted by Gasteiger charge is -2.15. The molecule has 0 aliphatic rings. The second kappa shape index (κ2) is 15.2. The maximum absolute atomic E-state index is 13.6. The van der Waals surface area contributed by atoms with Gasteiger partial charge in [0.2, 0.25) is 5.91 Å². The molecule has 1 atom stereocenters. The van der Waals surface area contributed by atoms with E-state index in [0.717, 1.165) is 0 Å². The molecule has 11 nitrogen and oxygen atoms in total. The molecule has 0 saturated heterocycles. The Hall–Kier alpha value is -5.62. The first-order chi connectivity index (χ1) is 21.7. The Morgan fingerprint density at radius 3 is 2.22 bits per heavy atom. The van der Waals surface area contributed by atoms with Gasteiger partial charge in [0, 0.05) is 39.5 Å². The van der Waals surface area contributed by atoms with E-state index in [-0.39, 0.29) is 17.3 Å². The van der Waals surface area contributed by atoms with Crippen LogP contribution in [0.5, 0.6) is 11.5 Å². The molecule has 4 aromatic carbocycles. The van der Waals surface area contributed by atoms with Crippen LogP contribution in [0.3, 0.4) is 0 Å². The van der Waals surface area contributed by atoms with Crippen molar-refractivity contribution >= 4 is 52.6 Å². The monoisotopic (exact) mass is 626 g/mol. The molecule has 0 spiro atoms. The van der Waals surface area contributed by atoms with Gasteiger partial charge in [-0.05, 0) is 61.5 Å². The SMILES string of the molecule is COc1cccc(/C=C(/NC(=O)c2ccccc2)C(=O)Nc2cccc(SC(C)C(=O)Nc3ccc([N+](=O)[O-])cc3)c2)c1OC. The van der Waals surface area contributed by atoms with Crippen molar-refractivity contribution in [1.82, 2.24) is 5.32 Å². The van der Waals surface area contributed by atoms with Crippen LogP contribution in [0.2, 0.25) is 0 Å². The van der Waals surface area contributed by atoms with E-state index in [1.165, 1.54) is 56.3 Å². The molecule has 0 aliphatic carbocycles. The van der Waals surface area contributed by atoms with Crippen LogP contribution in [0.1, 0.15) is 22.8 Å². The number of rotatable bonds is 12. The third kappa shape index (κ3) is 8.71. The Labute approximate surface area is 263 Å². The van der Waals surface area contributed by atoms with Crippen molar-refractivity contribution < 1.29 is 28.8 Å². The molecule has 45 heavy (non-hydrogen) atoms. The Balaban J connectivity index is 1.52. The van der Waals surface area contributed by atoms with E-state index in [4.69, 9.17) is 9.47 Å². The van der Waals surface area contributed by atoms with Crippen molar-refractivity contribution in [2.75, 3.05) is 24.9 Å². The van der Waals surface area contributed by atoms with E-state index >= 15 is 0 Å². The van der Waals surface area contributed by atoms with E-state index in [2.05, 4.69) is 16.0 Å². The number of non-ortho nitro benzene ring substituents is 1. The molecular formula is C33H30N4O7S. The standard InChI is InChI=1S/C33H30N4O7S/c1-21(31(38)34-24-15-17-26(18-16-24)37(41)42)45-27-13-8-12-25(20-27)35-33(40)28(36-32(39)22-9-5-4-6-10-22)19-23-11-7-14-29(43-2)30(23)44-3/h4-21H,1-3H3,(H,34,38)(H,35,40)(H,36,39)/b28-19+. The molecule has 12 heteroatoms. The van der Waals surface area contributed by atoms with Crippen molar-refractivity contribution in [1.29, 1.82) is 0 Å². The second-order valence-electron chi connectivity index (χ2n) is 9.50. The van der Waals surface area contributed by atoms with Crippen LogP contribution in [0.4, 0.5) is 17.1 Å². The summed E-state index contributed by atoms with van der Waals surface area (Å²) in [7, 11) is 2.98. The van der Waals surface area contributed by atoms with E-state index in [1.54, 1.807) is 79.7 Å². The number of carbonyl (C=O) groups excluding carboxylic acids is 3. The normalized spacial score (nSPS) is 11.6. The highest BCUT2D eigenvalue weighted by atomic mass is 32.2. The molecule has 0 fully saturated rings. The highest BCUT2D eigenvalue weighted by molar-refractivity contribution is 8.00. The summed E-state index contributed by atoms with van der Waals surface area (Å²) in [6.07, 6.45) is 1.50. The Bertz CT molecular complexity index is 1730. The number of hydrogen-bond donors (Lipinski definition) is 3. The quantitative estimate of drug-likeness (QED) is 0.0735. The summed E-state index contributed by atoms with van der Waals surface area (Å²) in [4.78, 5) is 50.4. The van der Waals surface area contributed by atoms with Gasteiger partial charge in [-0.2, -0.15) is 0 Å². The predicted octanol–water partition coefficient (Wildman–Crippen LogP) is 6.14. The predicted molar refractivity (Wildman–Crippen MR) is 174 cm³/mol. The zero-order chi connectivity index (χ0) is 32.3. The van der Waals surface area contributed by atoms with Crippen LogP contribution >= 0.6 is 11.8 Å². The fraction of sp³-hybridized carbons (Fsp3) is 0.121. The number of carbonyl (C=O) groups is 3. The third-order valence-electron chi connectivity index (χ3n) is 6.38. The number of amides is 3. The van der Waals surface area contributed by atoms with Gasteiger partial charge in [-0.25, -0.2) is 0 Å². The van der Waals surface area contributed by atoms with Crippen LogP contribution < -0.4 is 25.4 Å². The van der Waals surface area contributed by atoms with Gasteiger partial charge in [-0.15, -0.1) is 11.8 Å². The molecular weight excluding hydrogens is 596 g/mol. The molecule has 3 N–H and O–H groups in total. The van der Waals surface area contributed by atoms with Crippen LogP contribution in [0.25, 0.3) is 6.08 Å². The second-order valence-corrected chi connectivity index (χ2v) is 10.9. The molecule has 4 rings (SSSR count). The molecule has 230 valence electrons. The number of nitrogens with one attached hydrogen (secondary N) is 3.